The maximum atomic E-state index is 12.1. The molecule has 1 N–H and O–H groups in total. The summed E-state index contributed by atoms with van der Waals surface area (Å²) in [6.45, 7) is 2.31. The highest BCUT2D eigenvalue weighted by atomic mass is 35.5. The van der Waals surface area contributed by atoms with Crippen molar-refractivity contribution < 1.29 is 4.79 Å². The number of carbonyl (C=O) groups excluding carboxylic acids is 1. The molecule has 0 radical (unpaired) electrons. The number of amidine groups is 1. The fourth-order valence-corrected chi connectivity index (χ4v) is 2.93. The third-order valence-electron chi connectivity index (χ3n) is 3.84. The zero-order chi connectivity index (χ0) is 16.2. The van der Waals surface area contributed by atoms with Gasteiger partial charge in [0, 0.05) is 19.2 Å². The number of anilines is 2. The number of carbonyl (C=O) groups is 1. The summed E-state index contributed by atoms with van der Waals surface area (Å²) < 4.78 is 0. The second-order valence-electron chi connectivity index (χ2n) is 5.47. The Labute approximate surface area is 140 Å². The van der Waals surface area contributed by atoms with Crippen molar-refractivity contribution in [2.24, 2.45) is 5.10 Å². The lowest BCUT2D eigenvalue weighted by atomic mass is 10.0. The Morgan fingerprint density at radius 1 is 1.17 bits per heavy atom. The first-order chi connectivity index (χ1) is 11.2. The molecular weight excluding hydrogens is 310 g/mol. The van der Waals surface area contributed by atoms with Crippen molar-refractivity contribution in [3.63, 3.8) is 0 Å². The van der Waals surface area contributed by atoms with Gasteiger partial charge in [0.2, 0.25) is 0 Å². The zero-order valence-electron chi connectivity index (χ0n) is 12.9. The van der Waals surface area contributed by atoms with Gasteiger partial charge in [0.1, 0.15) is 0 Å². The van der Waals surface area contributed by atoms with Crippen LogP contribution in [0.3, 0.4) is 0 Å². The Balaban J connectivity index is 1.93. The zero-order valence-corrected chi connectivity index (χ0v) is 13.7. The van der Waals surface area contributed by atoms with Gasteiger partial charge in [0.25, 0.3) is 0 Å². The molecule has 5 heteroatoms. The molecular formula is C18H18ClN3O. The summed E-state index contributed by atoms with van der Waals surface area (Å²) in [7, 11) is 0. The Morgan fingerprint density at radius 2 is 1.91 bits per heavy atom. The number of hydrazone groups is 1. The van der Waals surface area contributed by atoms with Crippen LogP contribution in [0.1, 0.15) is 18.9 Å². The molecule has 3 rings (SSSR count). The molecule has 1 aliphatic heterocycles. The monoisotopic (exact) mass is 327 g/mol. The van der Waals surface area contributed by atoms with Crippen molar-refractivity contribution in [3.05, 3.63) is 59.1 Å². The van der Waals surface area contributed by atoms with Crippen LogP contribution in [0.15, 0.2) is 53.6 Å². The lowest BCUT2D eigenvalue weighted by molar-refractivity contribution is -0.111. The minimum absolute atomic E-state index is 0.0822. The van der Waals surface area contributed by atoms with Crippen LogP contribution in [-0.4, -0.2) is 18.2 Å². The first kappa shape index (κ1) is 15.6. The largest absolute Gasteiger partial charge is 0.322 e. The molecule has 0 spiro atoms. The van der Waals surface area contributed by atoms with E-state index in [4.69, 9.17) is 11.6 Å². The number of hydrogen-bond acceptors (Lipinski definition) is 3. The molecule has 0 atom stereocenters. The summed E-state index contributed by atoms with van der Waals surface area (Å²) in [5.74, 6) is 0.318. The number of benzene rings is 2. The summed E-state index contributed by atoms with van der Waals surface area (Å²) >= 11 is 6.12. The SMILES string of the molecule is CC(=O)/C(=N\Nc1ccccc1Cl)N1CCCc2ccccc21. The van der Waals surface area contributed by atoms with Crippen molar-refractivity contribution in [1.29, 1.82) is 0 Å². The lowest BCUT2D eigenvalue weighted by Crippen LogP contribution is -2.39. The van der Waals surface area contributed by atoms with Crippen LogP contribution in [0.25, 0.3) is 0 Å². The van der Waals surface area contributed by atoms with Crippen LogP contribution in [0.4, 0.5) is 11.4 Å². The number of nitrogens with one attached hydrogen (secondary N) is 1. The topological polar surface area (TPSA) is 44.7 Å². The summed E-state index contributed by atoms with van der Waals surface area (Å²) in [6, 6.07) is 15.5. The van der Waals surface area contributed by atoms with Gasteiger partial charge in [-0.15, -0.1) is 0 Å². The predicted octanol–water partition coefficient (Wildman–Crippen LogP) is 4.11. The number of fused-ring (bicyclic) bond motifs is 1. The van der Waals surface area contributed by atoms with Gasteiger partial charge in [0.05, 0.1) is 10.7 Å². The van der Waals surface area contributed by atoms with E-state index in [1.54, 1.807) is 6.07 Å². The van der Waals surface area contributed by atoms with Gasteiger partial charge >= 0.3 is 0 Å². The van der Waals surface area contributed by atoms with E-state index < -0.39 is 0 Å². The van der Waals surface area contributed by atoms with E-state index in [1.165, 1.54) is 12.5 Å². The summed E-state index contributed by atoms with van der Waals surface area (Å²) in [5, 5.41) is 4.90. The Hall–Kier alpha value is -2.33. The minimum atomic E-state index is -0.0822. The van der Waals surface area contributed by atoms with Gasteiger partial charge in [0.15, 0.2) is 11.6 Å². The number of Topliss-reactive ketones (excluding diaryl/α,β-unsaturated/α-hetero) is 1. The van der Waals surface area contributed by atoms with Crippen molar-refractivity contribution in [2.75, 3.05) is 16.9 Å². The molecule has 1 heterocycles. The second kappa shape index (κ2) is 6.84. The second-order valence-corrected chi connectivity index (χ2v) is 5.87. The van der Waals surface area contributed by atoms with E-state index in [9.17, 15) is 4.79 Å². The van der Waals surface area contributed by atoms with Gasteiger partial charge in [-0.25, -0.2) is 0 Å². The van der Waals surface area contributed by atoms with Gasteiger partial charge in [-0.3, -0.25) is 10.2 Å². The van der Waals surface area contributed by atoms with Crippen molar-refractivity contribution in [2.45, 2.75) is 19.8 Å². The number of halogens is 1. The third-order valence-corrected chi connectivity index (χ3v) is 4.17. The fraction of sp³-hybridized carbons (Fsp3) is 0.222. The van der Waals surface area contributed by atoms with E-state index >= 15 is 0 Å². The molecule has 1 aliphatic rings. The highest BCUT2D eigenvalue weighted by Gasteiger charge is 2.23. The summed E-state index contributed by atoms with van der Waals surface area (Å²) in [5.41, 5.74) is 5.89. The molecule has 4 nitrogen and oxygen atoms in total. The van der Waals surface area contributed by atoms with E-state index in [-0.39, 0.29) is 5.78 Å². The molecule has 0 saturated heterocycles. The van der Waals surface area contributed by atoms with E-state index in [0.29, 0.717) is 16.5 Å². The Morgan fingerprint density at radius 3 is 2.70 bits per heavy atom. The molecule has 0 aromatic heterocycles. The first-order valence-electron chi connectivity index (χ1n) is 7.61. The standard InChI is InChI=1S/C18H18ClN3O/c1-13(23)18(21-20-16-10-4-3-9-15(16)19)22-12-6-8-14-7-2-5-11-17(14)22/h2-5,7,9-11,20H,6,8,12H2,1H3/b21-18+. The predicted molar refractivity (Wildman–Crippen MR) is 95.3 cm³/mol. The number of rotatable bonds is 3. The first-order valence-corrected chi connectivity index (χ1v) is 7.99. The van der Waals surface area contributed by atoms with Crippen LogP contribution >= 0.6 is 11.6 Å². The number of hydrogen-bond donors (Lipinski definition) is 1. The molecule has 0 unspecified atom stereocenters. The molecule has 118 valence electrons. The van der Waals surface area contributed by atoms with Gasteiger partial charge < -0.3 is 4.90 Å². The van der Waals surface area contributed by atoms with Gasteiger partial charge in [-0.05, 0) is 36.6 Å². The number of para-hydroxylation sites is 2. The third kappa shape index (κ3) is 3.37. The van der Waals surface area contributed by atoms with Gasteiger partial charge in [-0.2, -0.15) is 5.10 Å². The minimum Gasteiger partial charge on any atom is -0.322 e. The Bertz CT molecular complexity index is 757. The molecule has 23 heavy (non-hydrogen) atoms. The van der Waals surface area contributed by atoms with Crippen LogP contribution in [0.5, 0.6) is 0 Å². The quantitative estimate of drug-likeness (QED) is 0.524. The van der Waals surface area contributed by atoms with Crippen LogP contribution in [-0.2, 0) is 11.2 Å². The molecule has 0 amide bonds. The van der Waals surface area contributed by atoms with Gasteiger partial charge in [-0.1, -0.05) is 41.9 Å². The van der Waals surface area contributed by atoms with Crippen LogP contribution < -0.4 is 10.3 Å². The normalized spacial score (nSPS) is 14.3. The summed E-state index contributed by atoms with van der Waals surface area (Å²) in [4.78, 5) is 14.1. The van der Waals surface area contributed by atoms with Crippen molar-refractivity contribution in [1.82, 2.24) is 0 Å². The molecule has 0 saturated carbocycles. The number of ketones is 1. The van der Waals surface area contributed by atoms with Crippen LogP contribution in [0, 0.1) is 0 Å². The maximum absolute atomic E-state index is 12.1. The lowest BCUT2D eigenvalue weighted by Gasteiger charge is -2.30. The molecule has 2 aromatic carbocycles. The van der Waals surface area contributed by atoms with Crippen molar-refractivity contribution in [3.8, 4) is 0 Å². The van der Waals surface area contributed by atoms with Crippen molar-refractivity contribution >= 4 is 34.6 Å². The maximum Gasteiger partial charge on any atom is 0.197 e. The van der Waals surface area contributed by atoms with Crippen LogP contribution in [0.2, 0.25) is 5.02 Å². The Kier molecular flexibility index (Phi) is 4.63. The average molecular weight is 328 g/mol. The van der Waals surface area contributed by atoms with E-state index in [0.717, 1.165) is 25.1 Å². The molecule has 2 aromatic rings. The molecule has 0 aliphatic carbocycles. The number of aryl methyl sites for hydroxylation is 1. The highest BCUT2D eigenvalue weighted by molar-refractivity contribution is 6.43. The number of nitrogens with zero attached hydrogens (tertiary/aromatic N) is 2. The molecule has 0 fully saturated rings. The van der Waals surface area contributed by atoms with E-state index in [2.05, 4.69) is 16.6 Å². The fourth-order valence-electron chi connectivity index (χ4n) is 2.75. The van der Waals surface area contributed by atoms with E-state index in [1.807, 2.05) is 41.3 Å². The summed E-state index contributed by atoms with van der Waals surface area (Å²) in [6.07, 6.45) is 2.02. The smallest absolute Gasteiger partial charge is 0.197 e. The molecule has 0 bridgehead atoms. The highest BCUT2D eigenvalue weighted by Crippen LogP contribution is 2.27. The average Bonchev–Trinajstić information content (AvgIpc) is 2.56.